The van der Waals surface area contributed by atoms with Crippen molar-refractivity contribution in [3.63, 3.8) is 0 Å². The monoisotopic (exact) mass is 336 g/mol. The van der Waals surface area contributed by atoms with E-state index in [1.165, 1.54) is 12.1 Å². The van der Waals surface area contributed by atoms with Crippen molar-refractivity contribution in [2.45, 2.75) is 18.5 Å². The molecule has 0 radical (unpaired) electrons. The van der Waals surface area contributed by atoms with E-state index in [4.69, 9.17) is 4.74 Å². The lowest BCUT2D eigenvalue weighted by Crippen LogP contribution is -2.47. The van der Waals surface area contributed by atoms with E-state index in [9.17, 15) is 9.18 Å². The molecular weight excluding hydrogens is 311 g/mol. The largest absolute Gasteiger partial charge is 0.379 e. The molecule has 24 heavy (non-hydrogen) atoms. The van der Waals surface area contributed by atoms with Crippen LogP contribution < -0.4 is 10.9 Å². The summed E-state index contributed by atoms with van der Waals surface area (Å²) < 4.78 is 18.3. The third-order valence-corrected chi connectivity index (χ3v) is 4.71. The molecule has 0 saturated carbocycles. The zero-order chi connectivity index (χ0) is 16.9. The standard InChI is InChI=1S/C17H25FN4O2/c1-21(6-7-22-8-10-24-11-9-22)17(23)16-12-15(19-20-16)13-2-4-14(18)5-3-13/h2-5,15-16,19-20H,6-12H2,1H3. The van der Waals surface area contributed by atoms with E-state index in [0.29, 0.717) is 13.0 Å². The van der Waals surface area contributed by atoms with Crippen LogP contribution in [0.25, 0.3) is 0 Å². The van der Waals surface area contributed by atoms with Crippen LogP contribution in [0.1, 0.15) is 18.0 Å². The minimum Gasteiger partial charge on any atom is -0.379 e. The van der Waals surface area contributed by atoms with Crippen molar-refractivity contribution in [1.82, 2.24) is 20.7 Å². The minimum absolute atomic E-state index is 0.0205. The van der Waals surface area contributed by atoms with Gasteiger partial charge in [-0.1, -0.05) is 12.1 Å². The van der Waals surface area contributed by atoms with Crippen LogP contribution in [0.15, 0.2) is 24.3 Å². The van der Waals surface area contributed by atoms with Crippen LogP contribution in [-0.4, -0.2) is 68.2 Å². The highest BCUT2D eigenvalue weighted by molar-refractivity contribution is 5.82. The van der Waals surface area contributed by atoms with Gasteiger partial charge in [-0.15, -0.1) is 0 Å². The fourth-order valence-corrected chi connectivity index (χ4v) is 3.12. The number of hydrogen-bond acceptors (Lipinski definition) is 5. The molecule has 3 rings (SSSR count). The van der Waals surface area contributed by atoms with Crippen LogP contribution in [0.2, 0.25) is 0 Å². The Labute approximate surface area is 141 Å². The molecule has 1 amide bonds. The van der Waals surface area contributed by atoms with E-state index in [2.05, 4.69) is 15.8 Å². The number of morpholine rings is 1. The number of hydrazine groups is 1. The van der Waals surface area contributed by atoms with Crippen molar-refractivity contribution >= 4 is 5.91 Å². The second-order valence-electron chi connectivity index (χ2n) is 6.39. The van der Waals surface area contributed by atoms with E-state index < -0.39 is 0 Å². The van der Waals surface area contributed by atoms with Crippen molar-refractivity contribution < 1.29 is 13.9 Å². The van der Waals surface area contributed by atoms with E-state index in [1.54, 1.807) is 17.0 Å². The number of rotatable bonds is 5. The Morgan fingerprint density at radius 1 is 1.29 bits per heavy atom. The maximum atomic E-state index is 13.0. The highest BCUT2D eigenvalue weighted by Gasteiger charge is 2.31. The summed E-state index contributed by atoms with van der Waals surface area (Å²) >= 11 is 0. The maximum Gasteiger partial charge on any atom is 0.240 e. The number of likely N-dealkylation sites (N-methyl/N-ethyl adjacent to an activating group) is 1. The van der Waals surface area contributed by atoms with Crippen LogP contribution >= 0.6 is 0 Å². The lowest BCUT2D eigenvalue weighted by atomic mass is 10.0. The normalized spacial score (nSPS) is 24.9. The second-order valence-corrected chi connectivity index (χ2v) is 6.39. The van der Waals surface area contributed by atoms with E-state index in [0.717, 1.165) is 38.4 Å². The number of nitrogens with zero attached hydrogens (tertiary/aromatic N) is 2. The first-order valence-electron chi connectivity index (χ1n) is 8.45. The molecule has 2 unspecified atom stereocenters. The number of halogens is 1. The summed E-state index contributed by atoms with van der Waals surface area (Å²) in [5.74, 6) is -0.166. The molecule has 1 aromatic carbocycles. The van der Waals surface area contributed by atoms with Crippen LogP contribution in [-0.2, 0) is 9.53 Å². The summed E-state index contributed by atoms with van der Waals surface area (Å²) in [6.07, 6.45) is 0.659. The molecule has 0 bridgehead atoms. The predicted molar refractivity (Wildman–Crippen MR) is 88.7 cm³/mol. The van der Waals surface area contributed by atoms with Crippen molar-refractivity contribution in [2.75, 3.05) is 46.4 Å². The molecule has 132 valence electrons. The first-order valence-corrected chi connectivity index (χ1v) is 8.45. The highest BCUT2D eigenvalue weighted by atomic mass is 19.1. The second kappa shape index (κ2) is 8.02. The van der Waals surface area contributed by atoms with Crippen molar-refractivity contribution in [2.24, 2.45) is 0 Å². The zero-order valence-electron chi connectivity index (χ0n) is 14.0. The first-order chi connectivity index (χ1) is 11.6. The van der Waals surface area contributed by atoms with E-state index in [-0.39, 0.29) is 23.8 Å². The number of amides is 1. The lowest BCUT2D eigenvalue weighted by Gasteiger charge is -2.29. The fraction of sp³-hybridized carbons (Fsp3) is 0.588. The number of carbonyl (C=O) groups excluding carboxylic acids is 1. The third-order valence-electron chi connectivity index (χ3n) is 4.71. The van der Waals surface area contributed by atoms with Crippen molar-refractivity contribution in [3.8, 4) is 0 Å². The molecule has 2 aliphatic heterocycles. The van der Waals surface area contributed by atoms with E-state index in [1.807, 2.05) is 7.05 Å². The Hall–Kier alpha value is -1.54. The molecule has 2 saturated heterocycles. The maximum absolute atomic E-state index is 13.0. The number of hydrogen-bond donors (Lipinski definition) is 2. The van der Waals surface area contributed by atoms with Gasteiger partial charge in [-0.2, -0.15) is 0 Å². The van der Waals surface area contributed by atoms with Crippen LogP contribution in [0.4, 0.5) is 4.39 Å². The lowest BCUT2D eigenvalue weighted by molar-refractivity contribution is -0.132. The molecule has 7 heteroatoms. The summed E-state index contributed by atoms with van der Waals surface area (Å²) in [5, 5.41) is 0. The Kier molecular flexibility index (Phi) is 5.78. The van der Waals surface area contributed by atoms with Gasteiger partial charge >= 0.3 is 0 Å². The van der Waals surface area contributed by atoms with Gasteiger partial charge in [0.25, 0.3) is 0 Å². The summed E-state index contributed by atoms with van der Waals surface area (Å²) in [4.78, 5) is 16.7. The Balaban J connectivity index is 1.47. The van der Waals surface area contributed by atoms with Crippen LogP contribution in [0, 0.1) is 5.82 Å². The molecule has 1 aromatic rings. The first kappa shape index (κ1) is 17.3. The van der Waals surface area contributed by atoms with Crippen LogP contribution in [0.5, 0.6) is 0 Å². The Morgan fingerprint density at radius 3 is 2.71 bits per heavy atom. The molecular formula is C17H25FN4O2. The van der Waals surface area contributed by atoms with Gasteiger partial charge in [-0.3, -0.25) is 9.69 Å². The van der Waals surface area contributed by atoms with Gasteiger partial charge in [0.2, 0.25) is 5.91 Å². The van der Waals surface area contributed by atoms with Crippen LogP contribution in [0.3, 0.4) is 0 Å². The fourth-order valence-electron chi connectivity index (χ4n) is 3.12. The molecule has 2 fully saturated rings. The number of ether oxygens (including phenoxy) is 1. The highest BCUT2D eigenvalue weighted by Crippen LogP contribution is 2.23. The Morgan fingerprint density at radius 2 is 2.00 bits per heavy atom. The van der Waals surface area contributed by atoms with E-state index >= 15 is 0 Å². The average molecular weight is 336 g/mol. The van der Waals surface area contributed by atoms with Crippen molar-refractivity contribution in [1.29, 1.82) is 0 Å². The zero-order valence-corrected chi connectivity index (χ0v) is 14.0. The third kappa shape index (κ3) is 4.30. The smallest absolute Gasteiger partial charge is 0.240 e. The summed E-state index contributed by atoms with van der Waals surface area (Å²) in [6, 6.07) is 6.16. The summed E-state index contributed by atoms with van der Waals surface area (Å²) in [7, 11) is 1.84. The summed E-state index contributed by atoms with van der Waals surface area (Å²) in [6.45, 7) is 4.97. The van der Waals surface area contributed by atoms with Gasteiger partial charge in [0.05, 0.1) is 13.2 Å². The molecule has 0 spiro atoms. The average Bonchev–Trinajstić information content (AvgIpc) is 3.10. The molecule has 2 aliphatic rings. The summed E-state index contributed by atoms with van der Waals surface area (Å²) in [5.41, 5.74) is 7.19. The quantitative estimate of drug-likeness (QED) is 0.821. The SMILES string of the molecule is CN(CCN1CCOCC1)C(=O)C1CC(c2ccc(F)cc2)NN1. The molecule has 0 aromatic heterocycles. The van der Waals surface area contributed by atoms with Gasteiger partial charge in [0.15, 0.2) is 0 Å². The molecule has 2 N–H and O–H groups in total. The molecule has 0 aliphatic carbocycles. The Bertz CT molecular complexity index is 548. The minimum atomic E-state index is -0.255. The van der Waals surface area contributed by atoms with Gasteiger partial charge in [0.1, 0.15) is 11.9 Å². The van der Waals surface area contributed by atoms with Gasteiger partial charge in [0, 0.05) is 39.3 Å². The van der Waals surface area contributed by atoms with Gasteiger partial charge < -0.3 is 9.64 Å². The van der Waals surface area contributed by atoms with Gasteiger partial charge in [-0.05, 0) is 24.1 Å². The number of benzene rings is 1. The number of nitrogens with one attached hydrogen (secondary N) is 2. The molecule has 2 heterocycles. The topological polar surface area (TPSA) is 56.8 Å². The predicted octanol–water partition coefficient (Wildman–Crippen LogP) is 0.524. The van der Waals surface area contributed by atoms with Crippen molar-refractivity contribution in [3.05, 3.63) is 35.6 Å². The number of carbonyl (C=O) groups is 1. The molecule has 2 atom stereocenters. The molecule has 6 nitrogen and oxygen atoms in total. The van der Waals surface area contributed by atoms with Gasteiger partial charge in [-0.25, -0.2) is 15.2 Å².